The summed E-state index contributed by atoms with van der Waals surface area (Å²) in [6.07, 6.45) is 19.7. The maximum atomic E-state index is 10.7. The van der Waals surface area contributed by atoms with Gasteiger partial charge in [0.15, 0.2) is 38.3 Å². The van der Waals surface area contributed by atoms with Crippen LogP contribution in [-0.2, 0) is 26.7 Å². The first kappa shape index (κ1) is 41.3. The van der Waals surface area contributed by atoms with Gasteiger partial charge in [-0.2, -0.15) is 30.6 Å². The van der Waals surface area contributed by atoms with Crippen LogP contribution in [0.1, 0.15) is 42.4 Å². The average Bonchev–Trinajstić information content (AvgIpc) is 3.39. The highest BCUT2D eigenvalue weighted by molar-refractivity contribution is 7.86. The number of aromatic nitrogens is 1. The van der Waals surface area contributed by atoms with Crippen molar-refractivity contribution < 1.29 is 61.1 Å². The zero-order valence-electron chi connectivity index (χ0n) is 29.4. The molecule has 17 heteroatoms. The average molecular weight is 808 g/mol. The Balaban J connectivity index is 0.000000306. The highest BCUT2D eigenvalue weighted by atomic mass is 32.2. The largest absolute Gasteiger partial charge is 0.741 e. The van der Waals surface area contributed by atoms with Gasteiger partial charge in [0.1, 0.15) is 12.8 Å². The van der Waals surface area contributed by atoms with Crippen molar-refractivity contribution in [2.24, 2.45) is 0 Å². The standard InChI is InChI=1S/C36H35N3.2CHF3O3S/c1-37(2)32-20-19-27(30-11-3-4-12-31(30)32)16-15-26-24-29-18-17-28-10-9-23-38-21-7-5-13-33(38)35(28)36(29)34-14-6-8-22-39(34)25-26;2*2-1(3,4)8(5,6)7/h3-4,6,8,11-12,14-22,24-25H,5,7,9-10,13,23H2,1-2H3;2*(H,5,6,7)/q+2;;/p-2. The molecule has 0 saturated heterocycles. The SMILES string of the molecule is CN(C)c1ccc(C=CC2=Cc3ccc4c(c3=c3cccc[n+]3=C2)=C2CCCC=[N+]2CCC4)c2ccccc12.O=S(=O)([O-])C(F)(F)F.O=S(=O)([O-])C(F)(F)F. The van der Waals surface area contributed by atoms with Crippen LogP contribution in [0.15, 0.2) is 84.6 Å². The first-order chi connectivity index (χ1) is 25.7. The molecule has 1 aromatic heterocycles. The van der Waals surface area contributed by atoms with Crippen molar-refractivity contribution in [2.75, 3.05) is 25.5 Å². The predicted molar refractivity (Wildman–Crippen MR) is 194 cm³/mol. The number of hydrogen-bond donors (Lipinski definition) is 0. The van der Waals surface area contributed by atoms with Gasteiger partial charge in [-0.25, -0.2) is 21.4 Å². The molecular weight excluding hydrogens is 773 g/mol. The molecule has 3 aromatic carbocycles. The molecule has 0 N–H and O–H groups in total. The lowest BCUT2D eigenvalue weighted by Gasteiger charge is -2.16. The number of benzene rings is 3. The monoisotopic (exact) mass is 807 g/mol. The minimum atomic E-state index is -6.09. The molecular formula is C38H35F6N3O6S2. The van der Waals surface area contributed by atoms with E-state index in [-0.39, 0.29) is 0 Å². The summed E-state index contributed by atoms with van der Waals surface area (Å²) in [6.45, 7) is 1.13. The Kier molecular flexibility index (Phi) is 12.1. The Morgan fingerprint density at radius 2 is 1.38 bits per heavy atom. The number of aryl methyl sites for hydroxylation is 1. The van der Waals surface area contributed by atoms with E-state index in [1.807, 2.05) is 0 Å². The second kappa shape index (κ2) is 16.1. The van der Waals surface area contributed by atoms with Gasteiger partial charge in [0.2, 0.25) is 5.35 Å². The van der Waals surface area contributed by atoms with Gasteiger partial charge in [-0.1, -0.05) is 48.5 Å². The lowest BCUT2D eigenvalue weighted by atomic mass is 9.97. The molecule has 0 spiro atoms. The Bertz CT molecular complexity index is 2630. The fourth-order valence-electron chi connectivity index (χ4n) is 6.58. The molecule has 0 amide bonds. The molecule has 7 rings (SSSR count). The number of hydrogen-bond acceptors (Lipinski definition) is 7. The molecule has 3 aliphatic rings. The lowest BCUT2D eigenvalue weighted by molar-refractivity contribution is -0.519. The van der Waals surface area contributed by atoms with Gasteiger partial charge in [-0.3, -0.25) is 0 Å². The molecule has 0 saturated carbocycles. The van der Waals surface area contributed by atoms with Crippen molar-refractivity contribution >= 4 is 60.8 Å². The first-order valence-electron chi connectivity index (χ1n) is 16.8. The van der Waals surface area contributed by atoms with Crippen LogP contribution in [0.25, 0.3) is 28.6 Å². The van der Waals surface area contributed by atoms with Crippen LogP contribution in [0.3, 0.4) is 0 Å². The summed E-state index contributed by atoms with van der Waals surface area (Å²) in [4.78, 5) is 2.19. The van der Waals surface area contributed by atoms with Gasteiger partial charge in [-0.05, 0) is 59.2 Å². The van der Waals surface area contributed by atoms with E-state index >= 15 is 0 Å². The zero-order chi connectivity index (χ0) is 40.3. The first-order valence-corrected chi connectivity index (χ1v) is 19.6. The number of nitrogens with zero attached hydrogens (tertiary/aromatic N) is 3. The molecule has 0 bridgehead atoms. The van der Waals surface area contributed by atoms with Gasteiger partial charge < -0.3 is 14.0 Å². The highest BCUT2D eigenvalue weighted by Gasteiger charge is 2.37. The third kappa shape index (κ3) is 9.52. The van der Waals surface area contributed by atoms with Crippen molar-refractivity contribution in [3.05, 3.63) is 123 Å². The molecule has 0 aliphatic carbocycles. The van der Waals surface area contributed by atoms with E-state index in [1.54, 1.807) is 0 Å². The number of alkyl halides is 6. The Labute approximate surface area is 313 Å². The van der Waals surface area contributed by atoms with Gasteiger partial charge >= 0.3 is 11.0 Å². The number of halogens is 6. The highest BCUT2D eigenvalue weighted by Crippen LogP contribution is 2.30. The zero-order valence-corrected chi connectivity index (χ0v) is 31.1. The molecule has 9 nitrogen and oxygen atoms in total. The van der Waals surface area contributed by atoms with Crippen molar-refractivity contribution in [1.29, 1.82) is 0 Å². The number of anilines is 1. The van der Waals surface area contributed by atoms with E-state index in [2.05, 4.69) is 131 Å². The minimum absolute atomic E-state index is 1.13. The van der Waals surface area contributed by atoms with Crippen molar-refractivity contribution in [3.8, 4) is 0 Å². The van der Waals surface area contributed by atoms with E-state index < -0.39 is 31.3 Å². The van der Waals surface area contributed by atoms with E-state index in [0.717, 1.165) is 19.4 Å². The van der Waals surface area contributed by atoms with E-state index in [9.17, 15) is 26.3 Å². The number of fused-ring (bicyclic) bond motifs is 6. The summed E-state index contributed by atoms with van der Waals surface area (Å²) in [7, 11) is -7.96. The molecule has 4 aromatic rings. The van der Waals surface area contributed by atoms with Gasteiger partial charge in [0.05, 0.1) is 10.4 Å². The maximum Gasteiger partial charge on any atom is 0.485 e. The molecule has 3 aliphatic heterocycles. The van der Waals surface area contributed by atoms with E-state index in [4.69, 9.17) is 25.9 Å². The summed E-state index contributed by atoms with van der Waals surface area (Å²) in [5.41, 5.74) is -3.31. The van der Waals surface area contributed by atoms with Crippen molar-refractivity contribution in [2.45, 2.75) is 43.1 Å². The number of pyridine rings is 1. The number of rotatable bonds is 3. The third-order valence-electron chi connectivity index (χ3n) is 8.97. The maximum absolute atomic E-state index is 10.7. The van der Waals surface area contributed by atoms with Crippen LogP contribution in [0.2, 0.25) is 0 Å². The number of allylic oxidation sites excluding steroid dienone is 2. The van der Waals surface area contributed by atoms with Gasteiger partial charge in [-0.15, -0.1) is 0 Å². The molecule has 4 heterocycles. The van der Waals surface area contributed by atoms with E-state index in [1.165, 1.54) is 79.5 Å². The van der Waals surface area contributed by atoms with Crippen molar-refractivity contribution in [3.63, 3.8) is 0 Å². The summed E-state index contributed by atoms with van der Waals surface area (Å²) >= 11 is 0. The Morgan fingerprint density at radius 3 is 2.02 bits per heavy atom. The fourth-order valence-corrected chi connectivity index (χ4v) is 6.58. The smallest absolute Gasteiger partial charge is 0.485 e. The molecule has 0 atom stereocenters. The second-order valence-electron chi connectivity index (χ2n) is 12.9. The predicted octanol–water partition coefficient (Wildman–Crippen LogP) is 6.02. The van der Waals surface area contributed by atoms with Crippen molar-refractivity contribution in [1.82, 2.24) is 0 Å². The lowest BCUT2D eigenvalue weighted by Crippen LogP contribution is -2.26. The summed E-state index contributed by atoms with van der Waals surface area (Å²) in [5, 5.41) is 6.68. The van der Waals surface area contributed by atoms with Gasteiger partial charge in [0.25, 0.3) is 0 Å². The Hall–Kier alpha value is -4.84. The van der Waals surface area contributed by atoms with Crippen LogP contribution in [0.5, 0.6) is 0 Å². The van der Waals surface area contributed by atoms with Crippen LogP contribution in [0, 0.1) is 16.8 Å². The summed E-state index contributed by atoms with van der Waals surface area (Å²) in [6, 6.07) is 24.5. The normalized spacial score (nSPS) is 15.6. The van der Waals surface area contributed by atoms with Crippen LogP contribution >= 0.6 is 0 Å². The third-order valence-corrected chi connectivity index (χ3v) is 10.1. The molecule has 0 fully saturated rings. The molecule has 0 unspecified atom stereocenters. The Morgan fingerprint density at radius 1 is 0.745 bits per heavy atom. The van der Waals surface area contributed by atoms with Crippen LogP contribution in [0.4, 0.5) is 32.0 Å². The van der Waals surface area contributed by atoms with E-state index in [0.29, 0.717) is 0 Å². The quantitative estimate of drug-likeness (QED) is 0.107. The second-order valence-corrected chi connectivity index (χ2v) is 15.6. The topological polar surface area (TPSA) is 127 Å². The van der Waals surface area contributed by atoms with Crippen LogP contribution < -0.4 is 14.4 Å². The van der Waals surface area contributed by atoms with Crippen LogP contribution in [-0.4, -0.2) is 68.4 Å². The fraction of sp³-hybridized carbons (Fsp3) is 0.263. The molecule has 55 heavy (non-hydrogen) atoms. The summed E-state index contributed by atoms with van der Waals surface area (Å²) in [5.74, 6) is 0. The van der Waals surface area contributed by atoms with Gasteiger partial charge in [0, 0.05) is 62.1 Å². The minimum Gasteiger partial charge on any atom is -0.741 e. The molecule has 292 valence electrons. The summed E-state index contributed by atoms with van der Waals surface area (Å²) < 4.78 is 123. The molecule has 0 radical (unpaired) electrons.